The quantitative estimate of drug-likeness (QED) is 0.800. The Hall–Kier alpha value is -1.14. The highest BCUT2D eigenvalue weighted by atomic mass is 16.8. The number of cyclic esters (lactones) is 1. The molecule has 0 aromatic carbocycles. The minimum absolute atomic E-state index is 0.246. The standard InChI is InChI=1S/C16H29NO5/c1-14(2,3)11(19)16(9-10(18)17(7)8)12(20)21-13(22-16)15(4,5)6/h11,13,19H,9H2,1-8H3/t11-,13-,16-/m1/s1. The molecule has 22 heavy (non-hydrogen) atoms. The Bertz CT molecular complexity index is 446. The molecule has 0 spiro atoms. The monoisotopic (exact) mass is 315 g/mol. The van der Waals surface area contributed by atoms with E-state index in [2.05, 4.69) is 0 Å². The predicted octanol–water partition coefficient (Wildman–Crippen LogP) is 1.56. The molecular formula is C16H29NO5. The Morgan fingerprint density at radius 3 is 2.09 bits per heavy atom. The molecule has 1 aliphatic heterocycles. The Kier molecular flexibility index (Phi) is 5.00. The molecule has 0 bridgehead atoms. The Balaban J connectivity index is 3.24. The van der Waals surface area contributed by atoms with Gasteiger partial charge in [-0.15, -0.1) is 0 Å². The Morgan fingerprint density at radius 1 is 1.27 bits per heavy atom. The van der Waals surface area contributed by atoms with Gasteiger partial charge in [0.05, 0.1) is 12.5 Å². The van der Waals surface area contributed by atoms with Gasteiger partial charge in [0, 0.05) is 19.5 Å². The van der Waals surface area contributed by atoms with Gasteiger partial charge in [0.1, 0.15) is 0 Å². The summed E-state index contributed by atoms with van der Waals surface area (Å²) in [5, 5.41) is 10.7. The third kappa shape index (κ3) is 3.60. The van der Waals surface area contributed by atoms with Gasteiger partial charge in [-0.3, -0.25) is 4.79 Å². The first kappa shape index (κ1) is 18.9. The van der Waals surface area contributed by atoms with E-state index in [1.807, 2.05) is 20.8 Å². The lowest BCUT2D eigenvalue weighted by Gasteiger charge is -2.38. The lowest BCUT2D eigenvalue weighted by Crippen LogP contribution is -2.56. The lowest BCUT2D eigenvalue weighted by molar-refractivity contribution is -0.191. The van der Waals surface area contributed by atoms with Crippen LogP contribution in [0.1, 0.15) is 48.0 Å². The van der Waals surface area contributed by atoms with Crippen LogP contribution in [0, 0.1) is 10.8 Å². The Labute approximate surface area is 132 Å². The van der Waals surface area contributed by atoms with Crippen molar-refractivity contribution in [1.29, 1.82) is 0 Å². The molecule has 0 aromatic rings. The van der Waals surface area contributed by atoms with E-state index in [0.29, 0.717) is 0 Å². The summed E-state index contributed by atoms with van der Waals surface area (Å²) >= 11 is 0. The lowest BCUT2D eigenvalue weighted by atomic mass is 9.76. The molecule has 0 saturated carbocycles. The maximum absolute atomic E-state index is 12.5. The number of carbonyl (C=O) groups excluding carboxylic acids is 2. The van der Waals surface area contributed by atoms with Gasteiger partial charge in [0.2, 0.25) is 17.8 Å². The van der Waals surface area contributed by atoms with Gasteiger partial charge in [0.25, 0.3) is 0 Å². The van der Waals surface area contributed by atoms with Crippen molar-refractivity contribution >= 4 is 11.9 Å². The summed E-state index contributed by atoms with van der Waals surface area (Å²) in [6.45, 7) is 11.0. The van der Waals surface area contributed by atoms with Crippen LogP contribution in [0.4, 0.5) is 0 Å². The number of esters is 1. The molecule has 3 atom stereocenters. The van der Waals surface area contributed by atoms with Gasteiger partial charge < -0.3 is 19.5 Å². The number of hydrogen-bond donors (Lipinski definition) is 1. The van der Waals surface area contributed by atoms with Crippen LogP contribution in [0.3, 0.4) is 0 Å². The molecular weight excluding hydrogens is 286 g/mol. The topological polar surface area (TPSA) is 76.1 Å². The SMILES string of the molecule is CN(C)C(=O)C[C@]1([C@H](O)C(C)(C)C)O[C@H](C(C)(C)C)OC1=O. The first-order chi connectivity index (χ1) is 9.71. The van der Waals surface area contributed by atoms with E-state index >= 15 is 0 Å². The van der Waals surface area contributed by atoms with Crippen molar-refractivity contribution in [2.45, 2.75) is 66.0 Å². The van der Waals surface area contributed by atoms with Crippen molar-refractivity contribution in [3.63, 3.8) is 0 Å². The molecule has 0 aromatic heterocycles. The van der Waals surface area contributed by atoms with Gasteiger partial charge in [-0.1, -0.05) is 41.5 Å². The highest BCUT2D eigenvalue weighted by molar-refractivity contribution is 5.89. The molecule has 6 heteroatoms. The molecule has 1 rings (SSSR count). The molecule has 1 N–H and O–H groups in total. The summed E-state index contributed by atoms with van der Waals surface area (Å²) in [4.78, 5) is 26.1. The van der Waals surface area contributed by atoms with Crippen LogP contribution in [0.2, 0.25) is 0 Å². The fourth-order valence-electron chi connectivity index (χ4n) is 2.28. The summed E-state index contributed by atoms with van der Waals surface area (Å²) in [6.07, 6.45) is -2.21. The number of aliphatic hydroxyl groups excluding tert-OH is 1. The van der Waals surface area contributed by atoms with Crippen molar-refractivity contribution in [3.8, 4) is 0 Å². The molecule has 1 saturated heterocycles. The van der Waals surface area contributed by atoms with Crippen LogP contribution in [0.15, 0.2) is 0 Å². The molecule has 128 valence electrons. The number of nitrogens with zero attached hydrogens (tertiary/aromatic N) is 1. The molecule has 0 radical (unpaired) electrons. The van der Waals surface area contributed by atoms with E-state index in [0.717, 1.165) is 0 Å². The zero-order valence-electron chi connectivity index (χ0n) is 14.9. The van der Waals surface area contributed by atoms with E-state index in [-0.39, 0.29) is 12.3 Å². The molecule has 1 amide bonds. The highest BCUT2D eigenvalue weighted by Crippen LogP contribution is 2.43. The molecule has 1 heterocycles. The van der Waals surface area contributed by atoms with Crippen LogP contribution in [0.25, 0.3) is 0 Å². The number of rotatable bonds is 3. The van der Waals surface area contributed by atoms with Crippen molar-refractivity contribution in [3.05, 3.63) is 0 Å². The number of carbonyl (C=O) groups is 2. The second-order valence-corrected chi connectivity index (χ2v) is 8.34. The number of amides is 1. The van der Waals surface area contributed by atoms with E-state index in [1.165, 1.54) is 4.90 Å². The van der Waals surface area contributed by atoms with E-state index in [9.17, 15) is 14.7 Å². The summed E-state index contributed by atoms with van der Waals surface area (Å²) in [5.41, 5.74) is -2.76. The second-order valence-electron chi connectivity index (χ2n) is 8.34. The predicted molar refractivity (Wildman–Crippen MR) is 81.9 cm³/mol. The third-order valence-electron chi connectivity index (χ3n) is 3.76. The van der Waals surface area contributed by atoms with Crippen molar-refractivity contribution in [2.75, 3.05) is 14.1 Å². The van der Waals surface area contributed by atoms with Crippen LogP contribution in [-0.2, 0) is 19.1 Å². The van der Waals surface area contributed by atoms with Crippen LogP contribution >= 0.6 is 0 Å². The maximum Gasteiger partial charge on any atom is 0.344 e. The summed E-state index contributed by atoms with van der Waals surface area (Å²) in [7, 11) is 3.20. The summed E-state index contributed by atoms with van der Waals surface area (Å²) in [6, 6.07) is 0. The fourth-order valence-corrected chi connectivity index (χ4v) is 2.28. The average molecular weight is 315 g/mol. The van der Waals surface area contributed by atoms with Gasteiger partial charge in [-0.25, -0.2) is 4.79 Å². The molecule has 0 unspecified atom stereocenters. The second kappa shape index (κ2) is 5.81. The van der Waals surface area contributed by atoms with Crippen molar-refractivity contribution in [2.24, 2.45) is 10.8 Å². The van der Waals surface area contributed by atoms with E-state index in [4.69, 9.17) is 9.47 Å². The smallest absolute Gasteiger partial charge is 0.344 e. The zero-order valence-corrected chi connectivity index (χ0v) is 14.9. The molecule has 1 fully saturated rings. The largest absolute Gasteiger partial charge is 0.433 e. The van der Waals surface area contributed by atoms with Crippen LogP contribution in [-0.4, -0.2) is 54.0 Å². The van der Waals surface area contributed by atoms with Gasteiger partial charge in [-0.05, 0) is 5.41 Å². The van der Waals surface area contributed by atoms with Gasteiger partial charge in [-0.2, -0.15) is 0 Å². The number of hydrogen-bond acceptors (Lipinski definition) is 5. The average Bonchev–Trinajstić information content (AvgIpc) is 2.65. The minimum Gasteiger partial charge on any atom is -0.433 e. The molecule has 1 aliphatic rings. The van der Waals surface area contributed by atoms with Crippen LogP contribution in [0.5, 0.6) is 0 Å². The Morgan fingerprint density at radius 2 is 1.77 bits per heavy atom. The van der Waals surface area contributed by atoms with E-state index < -0.39 is 34.8 Å². The number of aliphatic hydroxyl groups is 1. The summed E-state index contributed by atoms with van der Waals surface area (Å²) in [5.74, 6) is -0.972. The van der Waals surface area contributed by atoms with Crippen molar-refractivity contribution in [1.82, 2.24) is 4.90 Å². The first-order valence-electron chi connectivity index (χ1n) is 7.49. The minimum atomic E-state index is -1.67. The summed E-state index contributed by atoms with van der Waals surface area (Å²) < 4.78 is 11.2. The molecule has 0 aliphatic carbocycles. The third-order valence-corrected chi connectivity index (χ3v) is 3.76. The first-order valence-corrected chi connectivity index (χ1v) is 7.49. The molecule has 6 nitrogen and oxygen atoms in total. The van der Waals surface area contributed by atoms with Crippen LogP contribution < -0.4 is 0 Å². The van der Waals surface area contributed by atoms with E-state index in [1.54, 1.807) is 34.9 Å². The normalized spacial score (nSPS) is 27.5. The number of ether oxygens (including phenoxy) is 2. The zero-order chi connectivity index (χ0) is 17.5. The van der Waals surface area contributed by atoms with Gasteiger partial charge in [0.15, 0.2) is 0 Å². The fraction of sp³-hybridized carbons (Fsp3) is 0.875. The maximum atomic E-state index is 12.5. The highest BCUT2D eigenvalue weighted by Gasteiger charge is 2.61. The van der Waals surface area contributed by atoms with Gasteiger partial charge >= 0.3 is 5.97 Å². The van der Waals surface area contributed by atoms with Crippen molar-refractivity contribution < 1.29 is 24.2 Å².